The number of hydrogen-bond donors (Lipinski definition) is 3. The van der Waals surface area contributed by atoms with Crippen LogP contribution in [0.25, 0.3) is 0 Å². The fraction of sp³-hybridized carbons (Fsp3) is 0.296. The fourth-order valence-corrected chi connectivity index (χ4v) is 6.02. The molecule has 204 valence electrons. The molecule has 39 heavy (non-hydrogen) atoms. The summed E-state index contributed by atoms with van der Waals surface area (Å²) < 4.78 is 41.4. The number of imidazole rings is 1. The number of nitrogens with one attached hydrogen (secondary N) is 3. The van der Waals surface area contributed by atoms with Gasteiger partial charge in [-0.1, -0.05) is 0 Å². The first-order valence-corrected chi connectivity index (χ1v) is 14.1. The molecule has 1 aliphatic rings. The van der Waals surface area contributed by atoms with E-state index in [-0.39, 0.29) is 16.8 Å². The van der Waals surface area contributed by atoms with Crippen molar-refractivity contribution in [1.82, 2.24) is 29.1 Å². The van der Waals surface area contributed by atoms with E-state index in [1.807, 2.05) is 13.1 Å². The SMILES string of the molecule is Cc1cc(Nc2ccc(F)cc2)nc(Nc2ccc(S(=O)(=O)N(C)C3CCN(Cc4ncc[nH]4)CC3)cc2)n1. The van der Waals surface area contributed by atoms with Crippen LogP contribution in [-0.4, -0.2) is 63.7 Å². The number of anilines is 4. The van der Waals surface area contributed by atoms with Gasteiger partial charge in [0.25, 0.3) is 0 Å². The summed E-state index contributed by atoms with van der Waals surface area (Å²) in [6, 6.07) is 14.3. The predicted octanol–water partition coefficient (Wildman–Crippen LogP) is 4.42. The molecular formula is C27H31FN8O2S. The van der Waals surface area contributed by atoms with Crippen LogP contribution < -0.4 is 10.6 Å². The Morgan fingerprint density at radius 3 is 2.36 bits per heavy atom. The zero-order chi connectivity index (χ0) is 27.4. The lowest BCUT2D eigenvalue weighted by Crippen LogP contribution is -2.45. The van der Waals surface area contributed by atoms with Gasteiger partial charge in [-0.2, -0.15) is 9.29 Å². The Hall–Kier alpha value is -3.87. The van der Waals surface area contributed by atoms with E-state index in [4.69, 9.17) is 0 Å². The number of hydrogen-bond acceptors (Lipinski definition) is 8. The average Bonchev–Trinajstić information content (AvgIpc) is 3.43. The zero-order valence-electron chi connectivity index (χ0n) is 21.8. The van der Waals surface area contributed by atoms with Gasteiger partial charge in [-0.25, -0.2) is 22.8 Å². The zero-order valence-corrected chi connectivity index (χ0v) is 22.6. The summed E-state index contributed by atoms with van der Waals surface area (Å²) in [6.07, 6.45) is 5.06. The van der Waals surface area contributed by atoms with E-state index in [9.17, 15) is 12.8 Å². The molecule has 5 rings (SSSR count). The molecule has 1 fully saturated rings. The summed E-state index contributed by atoms with van der Waals surface area (Å²) in [4.78, 5) is 18.8. The van der Waals surface area contributed by atoms with E-state index in [0.29, 0.717) is 23.1 Å². The highest BCUT2D eigenvalue weighted by Gasteiger charge is 2.31. The predicted molar refractivity (Wildman–Crippen MR) is 148 cm³/mol. The molecule has 0 aliphatic carbocycles. The molecule has 4 aromatic rings. The van der Waals surface area contributed by atoms with Crippen LogP contribution >= 0.6 is 0 Å². The van der Waals surface area contributed by atoms with Crippen molar-refractivity contribution >= 4 is 33.2 Å². The van der Waals surface area contributed by atoms with Gasteiger partial charge in [0.2, 0.25) is 16.0 Å². The second kappa shape index (κ2) is 11.5. The number of aromatic amines is 1. The third kappa shape index (κ3) is 6.59. The topological polar surface area (TPSA) is 119 Å². The molecule has 0 amide bonds. The van der Waals surface area contributed by atoms with Crippen LogP contribution in [0.15, 0.2) is 71.9 Å². The summed E-state index contributed by atoms with van der Waals surface area (Å²) >= 11 is 0. The van der Waals surface area contributed by atoms with Crippen molar-refractivity contribution in [2.75, 3.05) is 30.8 Å². The minimum atomic E-state index is -3.65. The van der Waals surface area contributed by atoms with Crippen LogP contribution in [0.2, 0.25) is 0 Å². The third-order valence-electron chi connectivity index (χ3n) is 6.76. The highest BCUT2D eigenvalue weighted by molar-refractivity contribution is 7.89. The monoisotopic (exact) mass is 550 g/mol. The number of likely N-dealkylation sites (tertiary alicyclic amines) is 1. The highest BCUT2D eigenvalue weighted by Crippen LogP contribution is 2.25. The Bertz CT molecular complexity index is 1490. The summed E-state index contributed by atoms with van der Waals surface area (Å²) in [5.74, 6) is 1.51. The van der Waals surface area contributed by atoms with Crippen LogP contribution in [0, 0.1) is 12.7 Å². The Labute approximate surface area is 227 Å². The molecule has 0 unspecified atom stereocenters. The van der Waals surface area contributed by atoms with Crippen molar-refractivity contribution in [2.24, 2.45) is 0 Å². The van der Waals surface area contributed by atoms with Crippen molar-refractivity contribution < 1.29 is 12.8 Å². The molecule has 3 heterocycles. The maximum Gasteiger partial charge on any atom is 0.243 e. The van der Waals surface area contributed by atoms with Crippen LogP contribution in [0.1, 0.15) is 24.4 Å². The average molecular weight is 551 g/mol. The van der Waals surface area contributed by atoms with Crippen molar-refractivity contribution in [3.63, 3.8) is 0 Å². The lowest BCUT2D eigenvalue weighted by molar-refractivity contribution is 0.161. The molecule has 0 saturated carbocycles. The molecule has 10 nitrogen and oxygen atoms in total. The minimum absolute atomic E-state index is 0.0617. The van der Waals surface area contributed by atoms with E-state index in [2.05, 4.69) is 35.5 Å². The van der Waals surface area contributed by atoms with Crippen LogP contribution in [0.5, 0.6) is 0 Å². The number of aromatic nitrogens is 4. The maximum atomic E-state index is 13.3. The molecule has 12 heteroatoms. The van der Waals surface area contributed by atoms with Gasteiger partial charge in [0.1, 0.15) is 17.5 Å². The summed E-state index contributed by atoms with van der Waals surface area (Å²) in [6.45, 7) is 4.19. The van der Waals surface area contributed by atoms with Gasteiger partial charge < -0.3 is 15.6 Å². The molecule has 2 aromatic carbocycles. The first-order chi connectivity index (χ1) is 18.8. The van der Waals surface area contributed by atoms with Crippen LogP contribution in [-0.2, 0) is 16.6 Å². The molecule has 2 aromatic heterocycles. The molecule has 0 spiro atoms. The molecule has 1 aliphatic heterocycles. The van der Waals surface area contributed by atoms with Gasteiger partial charge in [-0.15, -0.1) is 0 Å². The first kappa shape index (κ1) is 26.7. The van der Waals surface area contributed by atoms with Crippen molar-refractivity contribution in [1.29, 1.82) is 0 Å². The van der Waals surface area contributed by atoms with E-state index in [0.717, 1.165) is 44.0 Å². The fourth-order valence-electron chi connectivity index (χ4n) is 4.61. The maximum absolute atomic E-state index is 13.3. The second-order valence-electron chi connectivity index (χ2n) is 9.56. The number of rotatable bonds is 9. The quantitative estimate of drug-likeness (QED) is 0.280. The lowest BCUT2D eigenvalue weighted by Gasteiger charge is -2.35. The van der Waals surface area contributed by atoms with Crippen LogP contribution in [0.3, 0.4) is 0 Å². The number of piperidine rings is 1. The van der Waals surface area contributed by atoms with Gasteiger partial charge >= 0.3 is 0 Å². The second-order valence-corrected chi connectivity index (χ2v) is 11.6. The molecular weight excluding hydrogens is 519 g/mol. The standard InChI is InChI=1S/C27H31FN8O2S/c1-19-17-25(32-21-5-3-20(28)4-6-21)34-27(31-19)33-22-7-9-24(10-8-22)39(37,38)35(2)23-11-15-36(16-12-23)18-26-29-13-14-30-26/h3-10,13-14,17,23H,11-12,15-16,18H2,1-2H3,(H,29,30)(H2,31,32,33,34). The van der Waals surface area contributed by atoms with E-state index < -0.39 is 10.0 Å². The lowest BCUT2D eigenvalue weighted by atomic mass is 10.1. The molecule has 1 saturated heterocycles. The molecule has 0 radical (unpaired) electrons. The summed E-state index contributed by atoms with van der Waals surface area (Å²) in [7, 11) is -1.99. The smallest absolute Gasteiger partial charge is 0.243 e. The largest absolute Gasteiger partial charge is 0.348 e. The number of aryl methyl sites for hydroxylation is 1. The number of H-pyrrole nitrogens is 1. The normalized spacial score (nSPS) is 15.0. The molecule has 0 atom stereocenters. The summed E-state index contributed by atoms with van der Waals surface area (Å²) in [5, 5.41) is 6.26. The van der Waals surface area contributed by atoms with Gasteiger partial charge in [-0.3, -0.25) is 4.90 Å². The molecule has 0 bridgehead atoms. The highest BCUT2D eigenvalue weighted by atomic mass is 32.2. The van der Waals surface area contributed by atoms with E-state index in [1.54, 1.807) is 55.7 Å². The van der Waals surface area contributed by atoms with Crippen molar-refractivity contribution in [3.05, 3.63) is 84.3 Å². The number of benzene rings is 2. The van der Waals surface area contributed by atoms with E-state index >= 15 is 0 Å². The van der Waals surface area contributed by atoms with Gasteiger partial charge in [0, 0.05) is 61.7 Å². The number of sulfonamides is 1. The Morgan fingerprint density at radius 1 is 1.03 bits per heavy atom. The minimum Gasteiger partial charge on any atom is -0.348 e. The van der Waals surface area contributed by atoms with Crippen LogP contribution in [0.4, 0.5) is 27.5 Å². The van der Waals surface area contributed by atoms with Crippen molar-refractivity contribution in [2.45, 2.75) is 37.2 Å². The van der Waals surface area contributed by atoms with E-state index in [1.165, 1.54) is 16.4 Å². The van der Waals surface area contributed by atoms with Gasteiger partial charge in [0.05, 0.1) is 11.4 Å². The third-order valence-corrected chi connectivity index (χ3v) is 8.68. The Balaban J connectivity index is 1.21. The van der Waals surface area contributed by atoms with Gasteiger partial charge in [-0.05, 0) is 68.3 Å². The van der Waals surface area contributed by atoms with Gasteiger partial charge in [0.15, 0.2) is 0 Å². The Kier molecular flexibility index (Phi) is 7.87. The Morgan fingerprint density at radius 2 is 1.69 bits per heavy atom. The number of nitrogens with zero attached hydrogens (tertiary/aromatic N) is 5. The number of halogens is 1. The molecule has 3 N–H and O–H groups in total. The van der Waals surface area contributed by atoms with Crippen molar-refractivity contribution in [3.8, 4) is 0 Å². The summed E-state index contributed by atoms with van der Waals surface area (Å²) in [5.41, 5.74) is 2.08. The first-order valence-electron chi connectivity index (χ1n) is 12.7.